The van der Waals surface area contributed by atoms with Gasteiger partial charge < -0.3 is 0 Å². The average Bonchev–Trinajstić information content (AvgIpc) is 2.02. The average molecular weight is 201 g/mol. The van der Waals surface area contributed by atoms with E-state index in [0.29, 0.717) is 10.9 Å². The van der Waals surface area contributed by atoms with Crippen LogP contribution in [-0.2, 0) is 6.42 Å². The molecular weight excluding hydrogens is 187 g/mol. The van der Waals surface area contributed by atoms with Gasteiger partial charge in [-0.1, -0.05) is 31.5 Å². The van der Waals surface area contributed by atoms with E-state index in [2.05, 4.69) is 13.8 Å². The molecule has 13 heavy (non-hydrogen) atoms. The van der Waals surface area contributed by atoms with E-state index in [1.165, 1.54) is 12.1 Å². The highest BCUT2D eigenvalue weighted by Gasteiger charge is 2.02. The molecule has 0 aliphatic carbocycles. The van der Waals surface area contributed by atoms with Crippen LogP contribution in [0.4, 0.5) is 4.39 Å². The number of hydrogen-bond donors (Lipinski definition) is 0. The topological polar surface area (TPSA) is 0 Å². The zero-order valence-electron chi connectivity index (χ0n) is 7.98. The number of hydrogen-bond acceptors (Lipinski definition) is 0. The normalized spacial score (nSPS) is 10.8. The van der Waals surface area contributed by atoms with Gasteiger partial charge in [0.25, 0.3) is 0 Å². The van der Waals surface area contributed by atoms with Crippen LogP contribution in [-0.4, -0.2) is 0 Å². The fourth-order valence-electron chi connectivity index (χ4n) is 1.17. The first-order chi connectivity index (χ1) is 6.09. The molecule has 0 bridgehead atoms. The minimum atomic E-state index is -0.265. The van der Waals surface area contributed by atoms with Gasteiger partial charge in [0.1, 0.15) is 5.82 Å². The van der Waals surface area contributed by atoms with E-state index in [0.717, 1.165) is 18.4 Å². The zero-order chi connectivity index (χ0) is 9.84. The van der Waals surface area contributed by atoms with Crippen LogP contribution in [0, 0.1) is 11.7 Å². The smallest absolute Gasteiger partial charge is 0.124 e. The molecule has 0 atom stereocenters. The van der Waals surface area contributed by atoms with E-state index in [-0.39, 0.29) is 5.82 Å². The van der Waals surface area contributed by atoms with Crippen molar-refractivity contribution in [2.45, 2.75) is 26.7 Å². The predicted molar refractivity (Wildman–Crippen MR) is 54.6 cm³/mol. The van der Waals surface area contributed by atoms with Gasteiger partial charge in [0, 0.05) is 5.02 Å². The molecule has 1 aromatic rings. The second-order valence-corrected chi connectivity index (χ2v) is 4.08. The summed E-state index contributed by atoms with van der Waals surface area (Å²) in [5.41, 5.74) is 1.04. The summed E-state index contributed by atoms with van der Waals surface area (Å²) in [5.74, 6) is 0.388. The van der Waals surface area contributed by atoms with Crippen molar-refractivity contribution in [2.24, 2.45) is 5.92 Å². The fourth-order valence-corrected chi connectivity index (χ4v) is 1.43. The molecule has 1 aromatic carbocycles. The van der Waals surface area contributed by atoms with Crippen LogP contribution in [0.1, 0.15) is 25.8 Å². The number of halogens is 2. The summed E-state index contributed by atoms with van der Waals surface area (Å²) < 4.78 is 12.7. The first-order valence-electron chi connectivity index (χ1n) is 4.53. The molecule has 0 aromatic heterocycles. The van der Waals surface area contributed by atoms with Gasteiger partial charge in [-0.05, 0) is 36.5 Å². The summed E-state index contributed by atoms with van der Waals surface area (Å²) in [6, 6.07) is 4.60. The molecule has 0 aliphatic heterocycles. The second-order valence-electron chi connectivity index (χ2n) is 3.67. The van der Waals surface area contributed by atoms with Crippen molar-refractivity contribution in [2.75, 3.05) is 0 Å². The molecule has 0 saturated carbocycles. The molecule has 0 N–H and O–H groups in total. The van der Waals surface area contributed by atoms with Crippen molar-refractivity contribution in [3.63, 3.8) is 0 Å². The number of aryl methyl sites for hydroxylation is 1. The summed E-state index contributed by atoms with van der Waals surface area (Å²) in [6.07, 6.45) is 2.02. The van der Waals surface area contributed by atoms with E-state index >= 15 is 0 Å². The van der Waals surface area contributed by atoms with Crippen LogP contribution in [0.2, 0.25) is 5.02 Å². The third-order valence-electron chi connectivity index (χ3n) is 2.01. The van der Waals surface area contributed by atoms with Gasteiger partial charge in [-0.15, -0.1) is 0 Å². The second kappa shape index (κ2) is 4.61. The van der Waals surface area contributed by atoms with Crippen LogP contribution < -0.4 is 0 Å². The molecule has 2 heteroatoms. The van der Waals surface area contributed by atoms with Gasteiger partial charge in [0.15, 0.2) is 0 Å². The molecule has 0 unspecified atom stereocenters. The van der Waals surface area contributed by atoms with Crippen molar-refractivity contribution in [3.05, 3.63) is 34.6 Å². The molecule has 0 spiro atoms. The highest BCUT2D eigenvalue weighted by atomic mass is 35.5. The molecule has 0 heterocycles. The van der Waals surface area contributed by atoms with E-state index in [1.807, 2.05) is 0 Å². The van der Waals surface area contributed by atoms with Crippen LogP contribution in [0.25, 0.3) is 0 Å². The van der Waals surface area contributed by atoms with Crippen molar-refractivity contribution in [3.8, 4) is 0 Å². The molecule has 72 valence electrons. The lowest BCUT2D eigenvalue weighted by atomic mass is 10.0. The van der Waals surface area contributed by atoms with Gasteiger partial charge in [-0.25, -0.2) is 4.39 Å². The molecule has 0 aliphatic rings. The van der Waals surface area contributed by atoms with Crippen LogP contribution >= 0.6 is 11.6 Å². The standard InChI is InChI=1S/C11H14ClF/c1-8(2)3-4-9-5-6-10(13)7-11(9)12/h5-8H,3-4H2,1-2H3. The van der Waals surface area contributed by atoms with E-state index < -0.39 is 0 Å². The Morgan fingerprint density at radius 1 is 1.38 bits per heavy atom. The van der Waals surface area contributed by atoms with Gasteiger partial charge >= 0.3 is 0 Å². The summed E-state index contributed by atoms with van der Waals surface area (Å²) in [7, 11) is 0. The summed E-state index contributed by atoms with van der Waals surface area (Å²) in [4.78, 5) is 0. The monoisotopic (exact) mass is 200 g/mol. The van der Waals surface area contributed by atoms with Crippen LogP contribution in [0.15, 0.2) is 18.2 Å². The fraction of sp³-hybridized carbons (Fsp3) is 0.455. The maximum absolute atomic E-state index is 12.7. The van der Waals surface area contributed by atoms with E-state index in [4.69, 9.17) is 11.6 Å². The minimum Gasteiger partial charge on any atom is -0.207 e. The largest absolute Gasteiger partial charge is 0.207 e. The Kier molecular flexibility index (Phi) is 3.73. The van der Waals surface area contributed by atoms with Crippen LogP contribution in [0.5, 0.6) is 0 Å². The maximum atomic E-state index is 12.7. The summed E-state index contributed by atoms with van der Waals surface area (Å²) in [6.45, 7) is 4.33. The maximum Gasteiger partial charge on any atom is 0.124 e. The highest BCUT2D eigenvalue weighted by Crippen LogP contribution is 2.19. The molecule has 0 radical (unpaired) electrons. The van der Waals surface area contributed by atoms with Crippen molar-refractivity contribution in [1.82, 2.24) is 0 Å². The molecule has 0 saturated heterocycles. The SMILES string of the molecule is CC(C)CCc1ccc(F)cc1Cl. The zero-order valence-corrected chi connectivity index (χ0v) is 8.74. The lowest BCUT2D eigenvalue weighted by Crippen LogP contribution is -1.93. The van der Waals surface area contributed by atoms with Gasteiger partial charge in [-0.2, -0.15) is 0 Å². The Bertz CT molecular complexity index is 281. The Morgan fingerprint density at radius 3 is 2.62 bits per heavy atom. The summed E-state index contributed by atoms with van der Waals surface area (Å²) in [5, 5.41) is 0.542. The van der Waals surface area contributed by atoms with Crippen molar-refractivity contribution in [1.29, 1.82) is 0 Å². The third-order valence-corrected chi connectivity index (χ3v) is 2.36. The molecule has 1 rings (SSSR count). The molecule has 0 nitrogen and oxygen atoms in total. The molecule has 0 fully saturated rings. The van der Waals surface area contributed by atoms with Gasteiger partial charge in [0.05, 0.1) is 0 Å². The quantitative estimate of drug-likeness (QED) is 0.690. The number of rotatable bonds is 3. The first kappa shape index (κ1) is 10.5. The Labute approximate surface area is 83.7 Å². The number of benzene rings is 1. The Balaban J connectivity index is 2.67. The first-order valence-corrected chi connectivity index (χ1v) is 4.91. The van der Waals surface area contributed by atoms with E-state index in [9.17, 15) is 4.39 Å². The predicted octanol–water partition coefficient (Wildman–Crippen LogP) is 4.07. The minimum absolute atomic E-state index is 0.265. The Morgan fingerprint density at radius 2 is 2.08 bits per heavy atom. The molecular formula is C11H14ClF. The van der Waals surface area contributed by atoms with Gasteiger partial charge in [0.2, 0.25) is 0 Å². The summed E-state index contributed by atoms with van der Waals surface area (Å²) >= 11 is 5.87. The van der Waals surface area contributed by atoms with Gasteiger partial charge in [-0.3, -0.25) is 0 Å². The lowest BCUT2D eigenvalue weighted by molar-refractivity contribution is 0.585. The lowest BCUT2D eigenvalue weighted by Gasteiger charge is -2.06. The highest BCUT2D eigenvalue weighted by molar-refractivity contribution is 6.31. The van der Waals surface area contributed by atoms with Crippen molar-refractivity contribution < 1.29 is 4.39 Å². The van der Waals surface area contributed by atoms with Crippen LogP contribution in [0.3, 0.4) is 0 Å². The Hall–Kier alpha value is -0.560. The van der Waals surface area contributed by atoms with E-state index in [1.54, 1.807) is 6.07 Å². The third kappa shape index (κ3) is 3.35. The molecule has 0 amide bonds. The van der Waals surface area contributed by atoms with Crippen molar-refractivity contribution >= 4 is 11.6 Å².